The third-order valence-corrected chi connectivity index (χ3v) is 7.32. The molecule has 1 N–H and O–H groups in total. The van der Waals surface area contributed by atoms with Crippen molar-refractivity contribution >= 4 is 17.8 Å². The van der Waals surface area contributed by atoms with E-state index in [1.54, 1.807) is 0 Å². The molecule has 0 aromatic heterocycles. The molecule has 2 aromatic rings. The van der Waals surface area contributed by atoms with Crippen LogP contribution >= 0.6 is 7.14 Å². The summed E-state index contributed by atoms with van der Waals surface area (Å²) in [6.07, 6.45) is 8.23. The van der Waals surface area contributed by atoms with E-state index >= 15 is 0 Å². The van der Waals surface area contributed by atoms with Crippen LogP contribution in [0, 0.1) is 0 Å². The molecule has 0 heterocycles. The van der Waals surface area contributed by atoms with E-state index in [4.69, 9.17) is 0 Å². The Kier molecular flexibility index (Phi) is 8.28. The van der Waals surface area contributed by atoms with Crippen molar-refractivity contribution in [1.82, 2.24) is 5.32 Å². The Morgan fingerprint density at radius 3 is 1.79 bits per heavy atom. The zero-order valence-corrected chi connectivity index (χ0v) is 15.7. The second-order valence-corrected chi connectivity index (χ2v) is 9.17. The maximum Gasteiger partial charge on any atom is 0.156 e. The Morgan fingerprint density at radius 1 is 0.750 bits per heavy atom. The molecule has 130 valence electrons. The average Bonchev–Trinajstić information content (AvgIpc) is 2.65. The molecule has 2 nitrogen and oxygen atoms in total. The molecular formula is C21H30NOP. The molecule has 0 radical (unpaired) electrons. The second-order valence-electron chi connectivity index (χ2n) is 6.34. The lowest BCUT2D eigenvalue weighted by molar-refractivity contribution is 0.570. The topological polar surface area (TPSA) is 29.1 Å². The zero-order valence-electron chi connectivity index (χ0n) is 14.8. The maximum atomic E-state index is 13.7. The third-order valence-electron chi connectivity index (χ3n) is 4.39. The Balaban J connectivity index is 1.93. The molecule has 0 unspecified atom stereocenters. The van der Waals surface area contributed by atoms with Gasteiger partial charge >= 0.3 is 0 Å². The van der Waals surface area contributed by atoms with Gasteiger partial charge in [0.15, 0.2) is 7.14 Å². The van der Waals surface area contributed by atoms with Gasteiger partial charge in [0.25, 0.3) is 0 Å². The minimum Gasteiger partial charge on any atom is -0.312 e. The third kappa shape index (κ3) is 5.61. The van der Waals surface area contributed by atoms with Gasteiger partial charge in [-0.1, -0.05) is 99.7 Å². The van der Waals surface area contributed by atoms with Gasteiger partial charge in [-0.2, -0.15) is 0 Å². The molecule has 0 atom stereocenters. The normalized spacial score (nSPS) is 11.5. The number of nitrogens with one attached hydrogen (secondary N) is 1. The van der Waals surface area contributed by atoms with E-state index in [-0.39, 0.29) is 0 Å². The van der Waals surface area contributed by atoms with Crippen molar-refractivity contribution in [1.29, 1.82) is 0 Å². The SMILES string of the molecule is CCCCCCCCNCP(=O)(c1ccccc1)c1ccccc1. The molecule has 0 amide bonds. The fourth-order valence-electron chi connectivity index (χ4n) is 2.94. The van der Waals surface area contributed by atoms with Crippen LogP contribution in [0.15, 0.2) is 60.7 Å². The molecule has 3 heteroatoms. The van der Waals surface area contributed by atoms with Gasteiger partial charge in [-0.15, -0.1) is 0 Å². The van der Waals surface area contributed by atoms with Gasteiger partial charge < -0.3 is 9.88 Å². The van der Waals surface area contributed by atoms with Gasteiger partial charge in [-0.05, 0) is 13.0 Å². The lowest BCUT2D eigenvalue weighted by atomic mass is 10.1. The summed E-state index contributed by atoms with van der Waals surface area (Å²) in [6, 6.07) is 19.8. The molecule has 2 aromatic carbocycles. The highest BCUT2D eigenvalue weighted by Crippen LogP contribution is 2.41. The number of hydrogen-bond acceptors (Lipinski definition) is 2. The molecule has 0 aliphatic heterocycles. The highest BCUT2D eigenvalue weighted by atomic mass is 31.2. The van der Waals surface area contributed by atoms with Gasteiger partial charge in [0.1, 0.15) is 0 Å². The van der Waals surface area contributed by atoms with Gasteiger partial charge in [-0.3, -0.25) is 0 Å². The van der Waals surface area contributed by atoms with E-state index in [1.165, 1.54) is 32.1 Å². The van der Waals surface area contributed by atoms with Crippen LogP contribution in [0.1, 0.15) is 45.4 Å². The fourth-order valence-corrected chi connectivity index (χ4v) is 5.38. The molecule has 0 aliphatic carbocycles. The van der Waals surface area contributed by atoms with E-state index in [0.29, 0.717) is 6.29 Å². The van der Waals surface area contributed by atoms with Crippen molar-refractivity contribution in [2.45, 2.75) is 45.4 Å². The molecule has 0 spiro atoms. The Bertz CT molecular complexity index is 569. The predicted octanol–water partition coefficient (Wildman–Crippen LogP) is 4.91. The maximum absolute atomic E-state index is 13.7. The standard InChI is InChI=1S/C21H30NOP/c1-2-3-4-5-6-13-18-22-19-24(23,20-14-9-7-10-15-20)21-16-11-8-12-17-21/h7-12,14-17,22H,2-6,13,18-19H2,1H3. The number of benzene rings is 2. The first-order valence-corrected chi connectivity index (χ1v) is 11.1. The predicted molar refractivity (Wildman–Crippen MR) is 106 cm³/mol. The van der Waals surface area contributed by atoms with Gasteiger partial charge in [0, 0.05) is 10.6 Å². The summed E-state index contributed by atoms with van der Waals surface area (Å²) in [4.78, 5) is 0. The number of unbranched alkanes of at least 4 members (excludes halogenated alkanes) is 5. The van der Waals surface area contributed by atoms with Crippen LogP contribution in [0.5, 0.6) is 0 Å². The van der Waals surface area contributed by atoms with Crippen LogP contribution < -0.4 is 15.9 Å². The first-order chi connectivity index (χ1) is 11.8. The molecule has 0 aliphatic rings. The first kappa shape index (κ1) is 19.0. The van der Waals surface area contributed by atoms with Crippen molar-refractivity contribution in [2.24, 2.45) is 0 Å². The second kappa shape index (κ2) is 10.5. The summed E-state index contributed by atoms with van der Waals surface area (Å²) in [5.74, 6) is 0. The summed E-state index contributed by atoms with van der Waals surface area (Å²) in [5.41, 5.74) is 0. The van der Waals surface area contributed by atoms with E-state index in [1.807, 2.05) is 60.7 Å². The van der Waals surface area contributed by atoms with Gasteiger partial charge in [0.2, 0.25) is 0 Å². The lowest BCUT2D eigenvalue weighted by Gasteiger charge is -2.20. The molecular weight excluding hydrogens is 313 g/mol. The number of hydrogen-bond donors (Lipinski definition) is 1. The van der Waals surface area contributed by atoms with Crippen LogP contribution in [-0.2, 0) is 4.57 Å². The Morgan fingerprint density at radius 2 is 1.25 bits per heavy atom. The summed E-state index contributed by atoms with van der Waals surface area (Å²) in [7, 11) is -2.60. The molecule has 2 rings (SSSR count). The van der Waals surface area contributed by atoms with Crippen LogP contribution in [0.25, 0.3) is 0 Å². The van der Waals surface area contributed by atoms with Crippen LogP contribution in [-0.4, -0.2) is 12.8 Å². The van der Waals surface area contributed by atoms with Crippen LogP contribution in [0.2, 0.25) is 0 Å². The molecule has 0 saturated carbocycles. The van der Waals surface area contributed by atoms with E-state index in [9.17, 15) is 4.57 Å². The van der Waals surface area contributed by atoms with Gasteiger partial charge in [0.05, 0.1) is 6.29 Å². The zero-order chi connectivity index (χ0) is 17.1. The van der Waals surface area contributed by atoms with E-state index < -0.39 is 7.14 Å². The summed E-state index contributed by atoms with van der Waals surface area (Å²) >= 11 is 0. The molecule has 0 saturated heterocycles. The Hall–Kier alpha value is -1.37. The minimum atomic E-state index is -2.60. The van der Waals surface area contributed by atoms with Crippen LogP contribution in [0.3, 0.4) is 0 Å². The fraction of sp³-hybridized carbons (Fsp3) is 0.429. The minimum absolute atomic E-state index is 0.538. The van der Waals surface area contributed by atoms with Crippen molar-refractivity contribution in [2.75, 3.05) is 12.8 Å². The van der Waals surface area contributed by atoms with Gasteiger partial charge in [-0.25, -0.2) is 0 Å². The monoisotopic (exact) mass is 343 g/mol. The Labute approximate surface area is 147 Å². The highest BCUT2D eigenvalue weighted by Gasteiger charge is 2.26. The largest absolute Gasteiger partial charge is 0.312 e. The quantitative estimate of drug-likeness (QED) is 0.464. The molecule has 24 heavy (non-hydrogen) atoms. The number of rotatable bonds is 11. The summed E-state index contributed by atoms with van der Waals surface area (Å²) in [6.45, 7) is 3.18. The van der Waals surface area contributed by atoms with Crippen molar-refractivity contribution in [3.05, 3.63) is 60.7 Å². The van der Waals surface area contributed by atoms with E-state index in [0.717, 1.165) is 23.6 Å². The molecule has 0 bridgehead atoms. The van der Waals surface area contributed by atoms with Crippen LogP contribution in [0.4, 0.5) is 0 Å². The van der Waals surface area contributed by atoms with Crippen molar-refractivity contribution < 1.29 is 4.57 Å². The molecule has 0 fully saturated rings. The van der Waals surface area contributed by atoms with Crippen molar-refractivity contribution in [3.8, 4) is 0 Å². The smallest absolute Gasteiger partial charge is 0.156 e. The first-order valence-electron chi connectivity index (χ1n) is 9.18. The average molecular weight is 343 g/mol. The summed E-state index contributed by atoms with van der Waals surface area (Å²) < 4.78 is 13.7. The van der Waals surface area contributed by atoms with Crippen molar-refractivity contribution in [3.63, 3.8) is 0 Å². The lowest BCUT2D eigenvalue weighted by Crippen LogP contribution is -2.27. The summed E-state index contributed by atoms with van der Waals surface area (Å²) in [5, 5.41) is 5.32. The van der Waals surface area contributed by atoms with E-state index in [2.05, 4.69) is 12.2 Å². The highest BCUT2D eigenvalue weighted by molar-refractivity contribution is 7.78.